The van der Waals surface area contributed by atoms with Crippen LogP contribution in [-0.4, -0.2) is 22.0 Å². The van der Waals surface area contributed by atoms with Crippen LogP contribution in [0.25, 0.3) is 5.69 Å². The molecule has 0 aliphatic carbocycles. The number of aromatic nitrogens is 2. The second-order valence-corrected chi connectivity index (χ2v) is 8.25. The van der Waals surface area contributed by atoms with Crippen molar-refractivity contribution < 1.29 is 22.7 Å². The molecule has 0 aliphatic heterocycles. The van der Waals surface area contributed by atoms with Crippen molar-refractivity contribution in [3.63, 3.8) is 0 Å². The quantitative estimate of drug-likeness (QED) is 0.286. The standard InChI is InChI=1S/C18H13F3N2O2S3/c1-27-16-22-23(17(26)28-16)14-7-5-12(6-8-14)15(24)25-10-11-3-2-4-13(9-11)18(19,20)21/h2-9H,10H2,1H3. The second kappa shape index (κ2) is 8.46. The van der Waals surface area contributed by atoms with E-state index in [4.69, 9.17) is 17.0 Å². The van der Waals surface area contributed by atoms with Gasteiger partial charge in [-0.05, 0) is 60.4 Å². The number of esters is 1. The third-order valence-corrected chi connectivity index (χ3v) is 5.88. The predicted octanol–water partition coefficient (Wildman–Crippen LogP) is 5.76. The van der Waals surface area contributed by atoms with Crippen LogP contribution in [0.2, 0.25) is 0 Å². The largest absolute Gasteiger partial charge is 0.457 e. The molecule has 0 N–H and O–H groups in total. The number of ether oxygens (including phenoxy) is 1. The maximum Gasteiger partial charge on any atom is 0.416 e. The monoisotopic (exact) mass is 442 g/mol. The molecule has 10 heteroatoms. The van der Waals surface area contributed by atoms with Crippen molar-refractivity contribution >= 4 is 41.3 Å². The highest BCUT2D eigenvalue weighted by Crippen LogP contribution is 2.29. The molecule has 0 atom stereocenters. The third-order valence-electron chi connectivity index (χ3n) is 3.68. The lowest BCUT2D eigenvalue weighted by Gasteiger charge is -2.09. The normalized spacial score (nSPS) is 11.4. The van der Waals surface area contributed by atoms with Crippen molar-refractivity contribution in [1.82, 2.24) is 9.78 Å². The minimum atomic E-state index is -4.44. The van der Waals surface area contributed by atoms with Crippen LogP contribution >= 0.6 is 35.3 Å². The van der Waals surface area contributed by atoms with E-state index in [1.54, 1.807) is 28.9 Å². The summed E-state index contributed by atoms with van der Waals surface area (Å²) in [5, 5.41) is 4.36. The Morgan fingerprint density at radius 1 is 1.25 bits per heavy atom. The number of carbonyl (C=O) groups excluding carboxylic acids is 1. The van der Waals surface area contributed by atoms with E-state index in [0.717, 1.165) is 16.5 Å². The van der Waals surface area contributed by atoms with Gasteiger partial charge in [0.15, 0.2) is 8.29 Å². The van der Waals surface area contributed by atoms with Crippen LogP contribution in [0.5, 0.6) is 0 Å². The molecule has 1 aromatic heterocycles. The number of nitrogens with zero attached hydrogens (tertiary/aromatic N) is 2. The van der Waals surface area contributed by atoms with Gasteiger partial charge in [0.05, 0.1) is 16.8 Å². The Hall–Kier alpha value is -2.17. The number of hydrogen-bond donors (Lipinski definition) is 0. The molecule has 3 aromatic rings. The average molecular weight is 443 g/mol. The Morgan fingerprint density at radius 3 is 2.57 bits per heavy atom. The first-order valence-corrected chi connectivity index (χ1v) is 10.3. The van der Waals surface area contributed by atoms with E-state index in [-0.39, 0.29) is 17.7 Å². The molecule has 146 valence electrons. The smallest absolute Gasteiger partial charge is 0.416 e. The van der Waals surface area contributed by atoms with Gasteiger partial charge in [0, 0.05) is 0 Å². The molecule has 1 heterocycles. The summed E-state index contributed by atoms with van der Waals surface area (Å²) in [6.45, 7) is -0.251. The number of rotatable bonds is 5. The molecule has 28 heavy (non-hydrogen) atoms. The molecule has 0 unspecified atom stereocenters. The molecule has 3 rings (SSSR count). The first-order chi connectivity index (χ1) is 13.3. The zero-order chi connectivity index (χ0) is 20.3. The Kier molecular flexibility index (Phi) is 6.21. The lowest BCUT2D eigenvalue weighted by Crippen LogP contribution is -2.08. The molecule has 0 aliphatic rings. The minimum Gasteiger partial charge on any atom is -0.457 e. The van der Waals surface area contributed by atoms with Crippen LogP contribution < -0.4 is 0 Å². The maximum atomic E-state index is 12.7. The van der Waals surface area contributed by atoms with Crippen LogP contribution in [0.1, 0.15) is 21.5 Å². The van der Waals surface area contributed by atoms with Gasteiger partial charge in [0.25, 0.3) is 0 Å². The van der Waals surface area contributed by atoms with E-state index in [9.17, 15) is 18.0 Å². The van der Waals surface area contributed by atoms with Crippen molar-refractivity contribution in [1.29, 1.82) is 0 Å². The summed E-state index contributed by atoms with van der Waals surface area (Å²) in [6.07, 6.45) is -2.54. The van der Waals surface area contributed by atoms with E-state index >= 15 is 0 Å². The van der Waals surface area contributed by atoms with E-state index in [1.807, 2.05) is 6.26 Å². The van der Waals surface area contributed by atoms with Crippen LogP contribution in [0.15, 0.2) is 52.9 Å². The molecule has 0 amide bonds. The predicted molar refractivity (Wildman–Crippen MR) is 105 cm³/mol. The van der Waals surface area contributed by atoms with Gasteiger partial charge in [0.2, 0.25) is 0 Å². The second-order valence-electron chi connectivity index (χ2n) is 5.57. The van der Waals surface area contributed by atoms with Crippen molar-refractivity contribution in [2.75, 3.05) is 6.26 Å². The maximum absolute atomic E-state index is 12.7. The van der Waals surface area contributed by atoms with Crippen molar-refractivity contribution in [2.24, 2.45) is 0 Å². The summed E-state index contributed by atoms with van der Waals surface area (Å²) in [5.74, 6) is -0.629. The van der Waals surface area contributed by atoms with Gasteiger partial charge in [-0.25, -0.2) is 9.48 Å². The van der Waals surface area contributed by atoms with Crippen LogP contribution in [0.3, 0.4) is 0 Å². The summed E-state index contributed by atoms with van der Waals surface area (Å²) < 4.78 is 46.4. The molecule has 2 aromatic carbocycles. The zero-order valence-corrected chi connectivity index (χ0v) is 16.8. The molecule has 0 bridgehead atoms. The summed E-state index contributed by atoms with van der Waals surface area (Å²) in [5.41, 5.74) is 0.465. The summed E-state index contributed by atoms with van der Waals surface area (Å²) in [4.78, 5) is 12.2. The molecule has 0 fully saturated rings. The SMILES string of the molecule is CSc1nn(-c2ccc(C(=O)OCc3cccc(C(F)(F)F)c3)cc2)c(=S)s1. The fourth-order valence-corrected chi connectivity index (χ4v) is 4.09. The molecular formula is C18H13F3N2O2S3. The summed E-state index contributed by atoms with van der Waals surface area (Å²) in [7, 11) is 0. The average Bonchev–Trinajstić information content (AvgIpc) is 3.06. The van der Waals surface area contributed by atoms with Crippen molar-refractivity contribution in [3.05, 3.63) is 69.2 Å². The Bertz CT molecular complexity index is 1040. The molecule has 0 saturated carbocycles. The van der Waals surface area contributed by atoms with Gasteiger partial charge in [-0.15, -0.1) is 5.10 Å². The Balaban J connectivity index is 1.68. The van der Waals surface area contributed by atoms with Crippen LogP contribution in [-0.2, 0) is 17.5 Å². The van der Waals surface area contributed by atoms with E-state index in [2.05, 4.69) is 5.10 Å². The Morgan fingerprint density at radius 2 is 1.96 bits per heavy atom. The minimum absolute atomic E-state index is 0.251. The van der Waals surface area contributed by atoms with Crippen LogP contribution in [0, 0.1) is 3.95 Å². The number of alkyl halides is 3. The number of carbonyl (C=O) groups is 1. The van der Waals surface area contributed by atoms with Crippen molar-refractivity contribution in [3.8, 4) is 5.69 Å². The number of halogens is 3. The number of benzene rings is 2. The van der Waals surface area contributed by atoms with Crippen molar-refractivity contribution in [2.45, 2.75) is 17.1 Å². The number of thioether (sulfide) groups is 1. The summed E-state index contributed by atoms with van der Waals surface area (Å²) in [6, 6.07) is 11.2. The van der Waals surface area contributed by atoms with E-state index < -0.39 is 17.7 Å². The fraction of sp³-hybridized carbons (Fsp3) is 0.167. The topological polar surface area (TPSA) is 44.1 Å². The van der Waals surface area contributed by atoms with Gasteiger partial charge in [-0.1, -0.05) is 35.2 Å². The van der Waals surface area contributed by atoms with Crippen LogP contribution in [0.4, 0.5) is 13.2 Å². The molecule has 0 saturated heterocycles. The zero-order valence-electron chi connectivity index (χ0n) is 14.4. The van der Waals surface area contributed by atoms with Gasteiger partial charge in [-0.3, -0.25) is 0 Å². The molecule has 0 spiro atoms. The number of hydrogen-bond acceptors (Lipinski definition) is 6. The van der Waals surface area contributed by atoms with Gasteiger partial charge in [0.1, 0.15) is 6.61 Å². The highest BCUT2D eigenvalue weighted by molar-refractivity contribution is 8.00. The van der Waals surface area contributed by atoms with Gasteiger partial charge in [-0.2, -0.15) is 13.2 Å². The van der Waals surface area contributed by atoms with Gasteiger partial charge >= 0.3 is 12.1 Å². The first kappa shape index (κ1) is 20.6. The lowest BCUT2D eigenvalue weighted by molar-refractivity contribution is -0.137. The highest BCUT2D eigenvalue weighted by atomic mass is 32.2. The van der Waals surface area contributed by atoms with E-state index in [0.29, 0.717) is 9.64 Å². The van der Waals surface area contributed by atoms with Gasteiger partial charge < -0.3 is 4.74 Å². The Labute approximate surface area is 172 Å². The first-order valence-electron chi connectivity index (χ1n) is 7.86. The molecule has 4 nitrogen and oxygen atoms in total. The third kappa shape index (κ3) is 4.81. The fourth-order valence-electron chi connectivity index (χ4n) is 2.31. The lowest BCUT2D eigenvalue weighted by atomic mass is 10.1. The highest BCUT2D eigenvalue weighted by Gasteiger charge is 2.30. The summed E-state index contributed by atoms with van der Waals surface area (Å²) >= 11 is 8.15. The van der Waals surface area contributed by atoms with E-state index in [1.165, 1.54) is 35.2 Å². The molecule has 0 radical (unpaired) electrons. The molecular weight excluding hydrogens is 429 g/mol.